The van der Waals surface area contributed by atoms with Crippen molar-refractivity contribution < 1.29 is 45.5 Å². The van der Waals surface area contributed by atoms with Crippen molar-refractivity contribution in [2.75, 3.05) is 0 Å². The van der Waals surface area contributed by atoms with E-state index in [1.807, 2.05) is 13.8 Å². The summed E-state index contributed by atoms with van der Waals surface area (Å²) in [5, 5.41) is 9.05. The third kappa shape index (κ3) is 4.62. The molecule has 0 saturated heterocycles. The summed E-state index contributed by atoms with van der Waals surface area (Å²) in [6.45, 7) is 6.03. The summed E-state index contributed by atoms with van der Waals surface area (Å²) >= 11 is 0. The third-order valence-electron chi connectivity index (χ3n) is 2.82. The molecule has 0 spiro atoms. The summed E-state index contributed by atoms with van der Waals surface area (Å²) in [6.07, 6.45) is 4.42. The van der Waals surface area contributed by atoms with Gasteiger partial charge in [0.1, 0.15) is 0 Å². The smallest absolute Gasteiger partial charge is 0.309 e. The van der Waals surface area contributed by atoms with Crippen molar-refractivity contribution in [3.05, 3.63) is 0 Å². The largest absolute Gasteiger partial charge is 0.481 e. The number of carboxylic acids is 1. The fourth-order valence-electron chi connectivity index (χ4n) is 1.53. The molecular formula is C10H20LaO2. The molecule has 0 fully saturated rings. The standard InChI is InChI=1S/C10H20O2.La/c1-4-7-8-10(5-2,6-3)9(11)12;/h4-8H2,1-3H3,(H,11,12);. The normalized spacial score (nSPS) is 10.7. The Hall–Kier alpha value is 0.665. The van der Waals surface area contributed by atoms with Gasteiger partial charge >= 0.3 is 5.97 Å². The Kier molecular flexibility index (Phi) is 9.93. The van der Waals surface area contributed by atoms with Crippen LogP contribution < -0.4 is 0 Å². The molecule has 0 heterocycles. The van der Waals surface area contributed by atoms with Crippen molar-refractivity contribution in [3.8, 4) is 0 Å². The average molecular weight is 311 g/mol. The fraction of sp³-hybridized carbons (Fsp3) is 0.900. The number of carbonyl (C=O) groups is 1. The second-order valence-electron chi connectivity index (χ2n) is 3.40. The van der Waals surface area contributed by atoms with Gasteiger partial charge in [-0.25, -0.2) is 0 Å². The van der Waals surface area contributed by atoms with Crippen LogP contribution in [0.2, 0.25) is 0 Å². The topological polar surface area (TPSA) is 37.3 Å². The Morgan fingerprint density at radius 1 is 1.23 bits per heavy atom. The maximum absolute atomic E-state index is 11.0. The van der Waals surface area contributed by atoms with Crippen LogP contribution in [0.4, 0.5) is 0 Å². The molecule has 75 valence electrons. The van der Waals surface area contributed by atoms with E-state index in [1.54, 1.807) is 0 Å². The maximum Gasteiger partial charge on any atom is 0.309 e. The van der Waals surface area contributed by atoms with E-state index in [2.05, 4.69) is 6.92 Å². The number of hydrogen-bond donors (Lipinski definition) is 1. The number of rotatable bonds is 6. The van der Waals surface area contributed by atoms with Gasteiger partial charge in [-0.3, -0.25) is 4.79 Å². The molecule has 2 nitrogen and oxygen atoms in total. The van der Waals surface area contributed by atoms with Gasteiger partial charge in [0.25, 0.3) is 0 Å². The van der Waals surface area contributed by atoms with E-state index < -0.39 is 11.4 Å². The number of unbranched alkanes of at least 4 members (excludes halogenated alkanes) is 1. The van der Waals surface area contributed by atoms with Crippen LogP contribution >= 0.6 is 0 Å². The van der Waals surface area contributed by atoms with Gasteiger partial charge in [-0.1, -0.05) is 33.6 Å². The average Bonchev–Trinajstić information content (AvgIpc) is 2.07. The Morgan fingerprint density at radius 3 is 1.92 bits per heavy atom. The molecule has 3 heteroatoms. The SMILES string of the molecule is CCCCC(CC)(CC)C(=O)O.[La]. The summed E-state index contributed by atoms with van der Waals surface area (Å²) in [6, 6.07) is 0. The molecule has 0 unspecified atom stereocenters. The summed E-state index contributed by atoms with van der Waals surface area (Å²) < 4.78 is 0. The summed E-state index contributed by atoms with van der Waals surface area (Å²) in [5.74, 6) is -0.624. The van der Waals surface area contributed by atoms with Crippen molar-refractivity contribution in [2.45, 2.75) is 52.9 Å². The number of hydrogen-bond acceptors (Lipinski definition) is 1. The summed E-state index contributed by atoms with van der Waals surface area (Å²) in [7, 11) is 0. The molecular weight excluding hydrogens is 291 g/mol. The molecule has 0 bridgehead atoms. The van der Waals surface area contributed by atoms with Gasteiger partial charge in [-0.15, -0.1) is 0 Å². The zero-order valence-electron chi connectivity index (χ0n) is 8.97. The van der Waals surface area contributed by atoms with Crippen molar-refractivity contribution in [1.29, 1.82) is 0 Å². The van der Waals surface area contributed by atoms with Gasteiger partial charge in [0.2, 0.25) is 0 Å². The van der Waals surface area contributed by atoms with E-state index in [4.69, 9.17) is 5.11 Å². The number of carboxylic acid groups (broad SMARTS) is 1. The molecule has 13 heavy (non-hydrogen) atoms. The minimum atomic E-state index is -0.624. The van der Waals surface area contributed by atoms with Gasteiger partial charge < -0.3 is 5.11 Å². The van der Waals surface area contributed by atoms with Gasteiger partial charge in [0.05, 0.1) is 5.41 Å². The zero-order chi connectivity index (χ0) is 9.61. The Morgan fingerprint density at radius 2 is 1.69 bits per heavy atom. The van der Waals surface area contributed by atoms with E-state index in [0.717, 1.165) is 32.1 Å². The van der Waals surface area contributed by atoms with Crippen LogP contribution in [0.3, 0.4) is 0 Å². The summed E-state index contributed by atoms with van der Waals surface area (Å²) in [4.78, 5) is 11.0. The second-order valence-corrected chi connectivity index (χ2v) is 3.40. The van der Waals surface area contributed by atoms with Crippen molar-refractivity contribution in [3.63, 3.8) is 0 Å². The Balaban J connectivity index is 0. The first-order valence-corrected chi connectivity index (χ1v) is 4.86. The molecule has 0 atom stereocenters. The maximum atomic E-state index is 11.0. The molecule has 0 amide bonds. The first-order chi connectivity index (χ1) is 5.63. The Labute approximate surface area is 109 Å². The minimum absolute atomic E-state index is 0. The van der Waals surface area contributed by atoms with E-state index in [1.165, 1.54) is 0 Å². The van der Waals surface area contributed by atoms with E-state index >= 15 is 0 Å². The first kappa shape index (κ1) is 16.1. The van der Waals surface area contributed by atoms with Crippen LogP contribution in [-0.2, 0) is 4.79 Å². The zero-order valence-corrected chi connectivity index (χ0v) is 12.6. The van der Waals surface area contributed by atoms with Crippen molar-refractivity contribution in [1.82, 2.24) is 0 Å². The van der Waals surface area contributed by atoms with Gasteiger partial charge in [-0.05, 0) is 19.3 Å². The van der Waals surface area contributed by atoms with Gasteiger partial charge in [-0.2, -0.15) is 0 Å². The molecule has 0 aliphatic rings. The molecule has 0 aliphatic carbocycles. The molecule has 0 aromatic heterocycles. The van der Waals surface area contributed by atoms with Crippen molar-refractivity contribution in [2.24, 2.45) is 5.41 Å². The molecule has 1 N–H and O–H groups in total. The van der Waals surface area contributed by atoms with E-state index in [0.29, 0.717) is 0 Å². The molecule has 0 aromatic carbocycles. The molecule has 1 radical (unpaired) electrons. The van der Waals surface area contributed by atoms with Crippen LogP contribution in [-0.4, -0.2) is 11.1 Å². The van der Waals surface area contributed by atoms with E-state index in [-0.39, 0.29) is 35.6 Å². The Bertz CT molecular complexity index is 142. The predicted octanol–water partition coefficient (Wildman–Crippen LogP) is 3.07. The van der Waals surface area contributed by atoms with Crippen LogP contribution in [0.25, 0.3) is 0 Å². The first-order valence-electron chi connectivity index (χ1n) is 4.86. The molecule has 0 aromatic rings. The third-order valence-corrected chi connectivity index (χ3v) is 2.82. The molecule has 0 rings (SSSR count). The van der Waals surface area contributed by atoms with Crippen LogP contribution in [0.15, 0.2) is 0 Å². The minimum Gasteiger partial charge on any atom is -0.481 e. The molecule has 0 aliphatic heterocycles. The van der Waals surface area contributed by atoms with Crippen LogP contribution in [0.1, 0.15) is 52.9 Å². The van der Waals surface area contributed by atoms with E-state index in [9.17, 15) is 4.79 Å². The van der Waals surface area contributed by atoms with Gasteiger partial charge in [0.15, 0.2) is 0 Å². The molecule has 0 saturated carbocycles. The van der Waals surface area contributed by atoms with Crippen LogP contribution in [0, 0.1) is 41.0 Å². The number of aliphatic carboxylic acids is 1. The second kappa shape index (κ2) is 8.01. The quantitative estimate of drug-likeness (QED) is 0.818. The van der Waals surface area contributed by atoms with Crippen LogP contribution in [0.5, 0.6) is 0 Å². The van der Waals surface area contributed by atoms with Gasteiger partial charge in [0, 0.05) is 35.6 Å². The monoisotopic (exact) mass is 311 g/mol. The van der Waals surface area contributed by atoms with Crippen molar-refractivity contribution >= 4 is 5.97 Å². The fourth-order valence-corrected chi connectivity index (χ4v) is 1.53. The predicted molar refractivity (Wildman–Crippen MR) is 50.2 cm³/mol. The summed E-state index contributed by atoms with van der Waals surface area (Å²) in [5.41, 5.74) is -0.448.